The van der Waals surface area contributed by atoms with E-state index in [0.29, 0.717) is 4.77 Å². The second kappa shape index (κ2) is 3.38. The average molecular weight is 205 g/mol. The SMILES string of the molecule is Cc1nn(C)c(=S)n1-c1ccccc1. The van der Waals surface area contributed by atoms with Crippen molar-refractivity contribution in [2.75, 3.05) is 0 Å². The lowest BCUT2D eigenvalue weighted by atomic mass is 10.3. The monoisotopic (exact) mass is 205 g/mol. The van der Waals surface area contributed by atoms with Crippen molar-refractivity contribution in [3.05, 3.63) is 40.9 Å². The normalized spacial score (nSPS) is 10.4. The van der Waals surface area contributed by atoms with Crippen molar-refractivity contribution in [3.63, 3.8) is 0 Å². The van der Waals surface area contributed by atoms with E-state index in [1.165, 1.54) is 0 Å². The third-order valence-corrected chi connectivity index (χ3v) is 2.55. The summed E-state index contributed by atoms with van der Waals surface area (Å²) in [6.07, 6.45) is 0. The van der Waals surface area contributed by atoms with E-state index < -0.39 is 0 Å². The number of nitrogens with zero attached hydrogens (tertiary/aromatic N) is 3. The van der Waals surface area contributed by atoms with Crippen molar-refractivity contribution >= 4 is 12.2 Å². The summed E-state index contributed by atoms with van der Waals surface area (Å²) in [5.74, 6) is 0.906. The van der Waals surface area contributed by atoms with Gasteiger partial charge in [0.1, 0.15) is 5.82 Å². The van der Waals surface area contributed by atoms with Crippen molar-refractivity contribution in [2.45, 2.75) is 6.92 Å². The van der Waals surface area contributed by atoms with Crippen LogP contribution < -0.4 is 0 Å². The van der Waals surface area contributed by atoms with Crippen LogP contribution in [-0.4, -0.2) is 14.3 Å². The van der Waals surface area contributed by atoms with E-state index in [9.17, 15) is 0 Å². The average Bonchev–Trinajstić information content (AvgIpc) is 2.43. The van der Waals surface area contributed by atoms with Gasteiger partial charge in [-0.2, -0.15) is 5.10 Å². The Morgan fingerprint density at radius 1 is 1.21 bits per heavy atom. The maximum absolute atomic E-state index is 5.26. The van der Waals surface area contributed by atoms with E-state index in [2.05, 4.69) is 5.10 Å². The van der Waals surface area contributed by atoms with Crippen LogP contribution in [0.5, 0.6) is 0 Å². The minimum absolute atomic E-state index is 0.716. The van der Waals surface area contributed by atoms with Gasteiger partial charge in [-0.3, -0.25) is 4.57 Å². The molecule has 2 aromatic rings. The molecule has 14 heavy (non-hydrogen) atoms. The highest BCUT2D eigenvalue weighted by molar-refractivity contribution is 7.71. The van der Waals surface area contributed by atoms with E-state index >= 15 is 0 Å². The molecule has 0 N–H and O–H groups in total. The number of hydrogen-bond acceptors (Lipinski definition) is 2. The van der Waals surface area contributed by atoms with Gasteiger partial charge in [0, 0.05) is 12.7 Å². The zero-order valence-electron chi connectivity index (χ0n) is 8.14. The second-order valence-electron chi connectivity index (χ2n) is 3.12. The Hall–Kier alpha value is -1.42. The third kappa shape index (κ3) is 1.37. The molecule has 0 spiro atoms. The Morgan fingerprint density at radius 3 is 2.36 bits per heavy atom. The summed E-state index contributed by atoms with van der Waals surface area (Å²) in [6.45, 7) is 1.95. The van der Waals surface area contributed by atoms with Gasteiger partial charge in [-0.25, -0.2) is 4.68 Å². The molecule has 72 valence electrons. The maximum Gasteiger partial charge on any atom is 0.202 e. The lowest BCUT2D eigenvalue weighted by Crippen LogP contribution is -1.96. The third-order valence-electron chi connectivity index (χ3n) is 2.10. The molecule has 1 heterocycles. The smallest absolute Gasteiger partial charge is 0.202 e. The van der Waals surface area contributed by atoms with Crippen molar-refractivity contribution in [1.29, 1.82) is 0 Å². The summed E-state index contributed by atoms with van der Waals surface area (Å²) in [5, 5.41) is 4.26. The number of para-hydroxylation sites is 1. The van der Waals surface area contributed by atoms with Gasteiger partial charge in [0.05, 0.1) is 0 Å². The molecule has 2 rings (SSSR count). The van der Waals surface area contributed by atoms with Gasteiger partial charge in [0.15, 0.2) is 0 Å². The number of aryl methyl sites for hydroxylation is 2. The van der Waals surface area contributed by atoms with Gasteiger partial charge in [-0.15, -0.1) is 0 Å². The van der Waals surface area contributed by atoms with E-state index in [-0.39, 0.29) is 0 Å². The van der Waals surface area contributed by atoms with Crippen molar-refractivity contribution in [1.82, 2.24) is 14.3 Å². The molecule has 0 aliphatic carbocycles. The van der Waals surface area contributed by atoms with Crippen molar-refractivity contribution in [2.24, 2.45) is 7.05 Å². The summed E-state index contributed by atoms with van der Waals surface area (Å²) in [6, 6.07) is 10.0. The van der Waals surface area contributed by atoms with Crippen LogP contribution in [0, 0.1) is 11.7 Å². The van der Waals surface area contributed by atoms with E-state index in [1.54, 1.807) is 4.68 Å². The number of rotatable bonds is 1. The number of benzene rings is 1. The zero-order valence-corrected chi connectivity index (χ0v) is 8.95. The van der Waals surface area contributed by atoms with Gasteiger partial charge >= 0.3 is 0 Å². The molecule has 0 saturated carbocycles. The van der Waals surface area contributed by atoms with E-state index in [1.807, 2.05) is 48.9 Å². The first-order valence-corrected chi connectivity index (χ1v) is 4.79. The van der Waals surface area contributed by atoms with Crippen LogP contribution in [0.15, 0.2) is 30.3 Å². The summed E-state index contributed by atoms with van der Waals surface area (Å²) in [4.78, 5) is 0. The predicted molar refractivity (Wildman–Crippen MR) is 58.1 cm³/mol. The van der Waals surface area contributed by atoms with Crippen molar-refractivity contribution < 1.29 is 0 Å². The molecule has 0 fully saturated rings. The Labute approximate surface area is 87.6 Å². The van der Waals surface area contributed by atoms with Gasteiger partial charge < -0.3 is 0 Å². The predicted octanol–water partition coefficient (Wildman–Crippen LogP) is 2.25. The molecule has 4 heteroatoms. The molecule has 0 bridgehead atoms. The van der Waals surface area contributed by atoms with Crippen LogP contribution in [-0.2, 0) is 7.05 Å². The lowest BCUT2D eigenvalue weighted by Gasteiger charge is -2.02. The Kier molecular flexibility index (Phi) is 2.21. The number of aromatic nitrogens is 3. The fraction of sp³-hybridized carbons (Fsp3) is 0.200. The maximum atomic E-state index is 5.26. The molecule has 0 unspecified atom stereocenters. The second-order valence-corrected chi connectivity index (χ2v) is 3.49. The minimum atomic E-state index is 0.716. The van der Waals surface area contributed by atoms with Crippen LogP contribution in [0.2, 0.25) is 0 Å². The van der Waals surface area contributed by atoms with Crippen molar-refractivity contribution in [3.8, 4) is 5.69 Å². The topological polar surface area (TPSA) is 22.8 Å². The van der Waals surface area contributed by atoms with Crippen LogP contribution >= 0.6 is 12.2 Å². The fourth-order valence-electron chi connectivity index (χ4n) is 1.46. The molecule has 0 radical (unpaired) electrons. The molecule has 0 atom stereocenters. The fourth-order valence-corrected chi connectivity index (χ4v) is 1.74. The Morgan fingerprint density at radius 2 is 1.86 bits per heavy atom. The zero-order chi connectivity index (χ0) is 10.1. The quantitative estimate of drug-likeness (QED) is 0.666. The summed E-state index contributed by atoms with van der Waals surface area (Å²) < 4.78 is 4.38. The van der Waals surface area contributed by atoms with Crippen LogP contribution in [0.1, 0.15) is 5.82 Å². The minimum Gasteiger partial charge on any atom is -0.272 e. The first-order valence-electron chi connectivity index (χ1n) is 4.38. The molecule has 1 aromatic carbocycles. The summed E-state index contributed by atoms with van der Waals surface area (Å²) in [7, 11) is 1.86. The molecule has 0 amide bonds. The van der Waals surface area contributed by atoms with Crippen LogP contribution in [0.25, 0.3) is 5.69 Å². The highest BCUT2D eigenvalue weighted by Crippen LogP contribution is 2.10. The Balaban J connectivity index is 2.69. The molecule has 0 saturated heterocycles. The molecule has 0 aliphatic heterocycles. The standard InChI is InChI=1S/C10H11N3S/c1-8-11-12(2)10(14)13(8)9-6-4-3-5-7-9/h3-7H,1-2H3. The van der Waals surface area contributed by atoms with Gasteiger partial charge in [0.25, 0.3) is 0 Å². The Bertz CT molecular complexity index is 496. The molecule has 0 aliphatic rings. The van der Waals surface area contributed by atoms with Gasteiger partial charge in [-0.05, 0) is 31.3 Å². The highest BCUT2D eigenvalue weighted by atomic mass is 32.1. The first kappa shape index (κ1) is 9.15. The first-order chi connectivity index (χ1) is 6.70. The molecule has 1 aromatic heterocycles. The van der Waals surface area contributed by atoms with E-state index in [4.69, 9.17) is 12.2 Å². The summed E-state index contributed by atoms with van der Waals surface area (Å²) >= 11 is 5.26. The van der Waals surface area contributed by atoms with Crippen LogP contribution in [0.3, 0.4) is 0 Å². The molecular weight excluding hydrogens is 194 g/mol. The van der Waals surface area contributed by atoms with Gasteiger partial charge in [0.2, 0.25) is 4.77 Å². The van der Waals surface area contributed by atoms with Crippen LogP contribution in [0.4, 0.5) is 0 Å². The molecule has 3 nitrogen and oxygen atoms in total. The summed E-state index contributed by atoms with van der Waals surface area (Å²) in [5.41, 5.74) is 1.06. The van der Waals surface area contributed by atoms with E-state index in [0.717, 1.165) is 11.5 Å². The highest BCUT2D eigenvalue weighted by Gasteiger charge is 2.04. The van der Waals surface area contributed by atoms with Gasteiger partial charge in [-0.1, -0.05) is 18.2 Å². The lowest BCUT2D eigenvalue weighted by molar-refractivity contribution is 0.743. The number of hydrogen-bond donors (Lipinski definition) is 0. The largest absolute Gasteiger partial charge is 0.272 e. The molecular formula is C10H11N3S.